The maximum absolute atomic E-state index is 12.7. The van der Waals surface area contributed by atoms with Gasteiger partial charge in [0.05, 0.1) is 5.54 Å². The second-order valence-electron chi connectivity index (χ2n) is 7.26. The number of benzene rings is 2. The predicted molar refractivity (Wildman–Crippen MR) is 115 cm³/mol. The number of carbonyl (C=O) groups is 1. The number of terminal acetylenes is 1. The van der Waals surface area contributed by atoms with Gasteiger partial charge in [-0.05, 0) is 55.2 Å². The molecule has 1 aliphatic carbocycles. The summed E-state index contributed by atoms with van der Waals surface area (Å²) < 4.78 is 0. The molecule has 1 saturated carbocycles. The van der Waals surface area contributed by atoms with Crippen molar-refractivity contribution in [2.45, 2.75) is 25.3 Å². The maximum Gasteiger partial charge on any atom is 0.251 e. The number of hydrogen-bond acceptors (Lipinski definition) is 4. The van der Waals surface area contributed by atoms with E-state index < -0.39 is 0 Å². The van der Waals surface area contributed by atoms with Gasteiger partial charge in [-0.1, -0.05) is 30.2 Å². The molecule has 0 saturated heterocycles. The zero-order valence-corrected chi connectivity index (χ0v) is 16.5. The van der Waals surface area contributed by atoms with E-state index in [-0.39, 0.29) is 11.4 Å². The second-order valence-corrected chi connectivity index (χ2v) is 7.26. The lowest BCUT2D eigenvalue weighted by atomic mass is 9.99. The average molecular weight is 382 g/mol. The van der Waals surface area contributed by atoms with E-state index in [0.717, 1.165) is 46.7 Å². The highest BCUT2D eigenvalue weighted by molar-refractivity contribution is 5.95. The van der Waals surface area contributed by atoms with Crippen LogP contribution in [0.4, 0.5) is 5.82 Å². The topological polar surface area (TPSA) is 66.9 Å². The molecule has 0 atom stereocenters. The molecule has 5 heteroatoms. The molecule has 29 heavy (non-hydrogen) atoms. The van der Waals surface area contributed by atoms with Crippen molar-refractivity contribution in [2.24, 2.45) is 0 Å². The summed E-state index contributed by atoms with van der Waals surface area (Å²) in [6.45, 7) is 1.87. The number of carbonyl (C=O) groups excluding carboxylic acids is 1. The summed E-state index contributed by atoms with van der Waals surface area (Å²) in [5.41, 5.74) is 4.17. The lowest BCUT2D eigenvalue weighted by Gasteiger charge is -2.19. The number of amides is 1. The fourth-order valence-electron chi connectivity index (χ4n) is 3.46. The Bertz CT molecular complexity index is 1090. The fraction of sp³-hybridized carbons (Fsp3) is 0.208. The Hall–Kier alpha value is -3.65. The Kier molecular flexibility index (Phi) is 4.77. The minimum Gasteiger partial charge on any atom is -0.373 e. The van der Waals surface area contributed by atoms with Crippen LogP contribution in [-0.2, 0) is 5.54 Å². The summed E-state index contributed by atoms with van der Waals surface area (Å²) in [6, 6.07) is 15.3. The molecule has 3 aromatic rings. The summed E-state index contributed by atoms with van der Waals surface area (Å²) in [5.74, 6) is 4.01. The zero-order valence-electron chi connectivity index (χ0n) is 16.5. The zero-order chi connectivity index (χ0) is 20.4. The number of nitrogens with one attached hydrogen (secondary N) is 2. The molecule has 1 heterocycles. The van der Waals surface area contributed by atoms with Crippen LogP contribution < -0.4 is 10.6 Å². The van der Waals surface area contributed by atoms with E-state index in [2.05, 4.69) is 50.8 Å². The van der Waals surface area contributed by atoms with Crippen LogP contribution in [0.2, 0.25) is 0 Å². The summed E-state index contributed by atoms with van der Waals surface area (Å²) in [5, 5.41) is 6.32. The highest BCUT2D eigenvalue weighted by Crippen LogP contribution is 2.46. The van der Waals surface area contributed by atoms with Crippen LogP contribution in [0, 0.1) is 19.3 Å². The average Bonchev–Trinajstić information content (AvgIpc) is 3.54. The molecular weight excluding hydrogens is 360 g/mol. The van der Waals surface area contributed by atoms with Crippen molar-refractivity contribution in [1.82, 2.24) is 15.3 Å². The first kappa shape index (κ1) is 18.7. The Morgan fingerprint density at radius 2 is 1.79 bits per heavy atom. The molecule has 2 N–H and O–H groups in total. The van der Waals surface area contributed by atoms with E-state index in [9.17, 15) is 4.79 Å². The smallest absolute Gasteiger partial charge is 0.251 e. The molecule has 0 aliphatic heterocycles. The molecule has 4 rings (SSSR count). The molecule has 0 bridgehead atoms. The van der Waals surface area contributed by atoms with Crippen molar-refractivity contribution < 1.29 is 4.79 Å². The first-order valence-electron chi connectivity index (χ1n) is 9.56. The van der Waals surface area contributed by atoms with Crippen LogP contribution in [0.5, 0.6) is 0 Å². The van der Waals surface area contributed by atoms with E-state index >= 15 is 0 Å². The van der Waals surface area contributed by atoms with Crippen LogP contribution in [0.15, 0.2) is 54.7 Å². The third kappa shape index (κ3) is 3.70. The quantitative estimate of drug-likeness (QED) is 0.657. The molecule has 0 radical (unpaired) electrons. The Morgan fingerprint density at radius 3 is 2.38 bits per heavy atom. The van der Waals surface area contributed by atoms with Gasteiger partial charge in [-0.2, -0.15) is 0 Å². The van der Waals surface area contributed by atoms with Gasteiger partial charge in [-0.15, -0.1) is 6.42 Å². The van der Waals surface area contributed by atoms with Crippen molar-refractivity contribution in [3.8, 4) is 23.5 Å². The van der Waals surface area contributed by atoms with Gasteiger partial charge in [-0.3, -0.25) is 4.79 Å². The molecule has 1 amide bonds. The van der Waals surface area contributed by atoms with E-state index in [4.69, 9.17) is 6.42 Å². The molecule has 2 aromatic carbocycles. The molecule has 0 unspecified atom stereocenters. The first-order chi connectivity index (χ1) is 14.0. The minimum atomic E-state index is -0.296. The fourth-order valence-corrected chi connectivity index (χ4v) is 3.46. The Labute approximate surface area is 170 Å². The van der Waals surface area contributed by atoms with Crippen molar-refractivity contribution >= 4 is 11.7 Å². The van der Waals surface area contributed by atoms with Gasteiger partial charge in [0.15, 0.2) is 0 Å². The number of aromatic nitrogens is 2. The molecule has 0 spiro atoms. The van der Waals surface area contributed by atoms with Gasteiger partial charge in [-0.25, -0.2) is 9.97 Å². The van der Waals surface area contributed by atoms with Crippen LogP contribution in [-0.4, -0.2) is 22.9 Å². The molecular formula is C24H22N4O. The van der Waals surface area contributed by atoms with Crippen LogP contribution >= 0.6 is 0 Å². The number of hydrogen-bond donors (Lipinski definition) is 2. The van der Waals surface area contributed by atoms with E-state index in [0.29, 0.717) is 5.56 Å². The highest BCUT2D eigenvalue weighted by Gasteiger charge is 2.45. The van der Waals surface area contributed by atoms with Crippen molar-refractivity contribution in [3.63, 3.8) is 0 Å². The second kappa shape index (κ2) is 7.40. The Balaban J connectivity index is 1.54. The predicted octanol–water partition coefficient (Wildman–Crippen LogP) is 3.89. The normalized spacial score (nSPS) is 14.0. The van der Waals surface area contributed by atoms with Crippen LogP contribution in [0.1, 0.15) is 40.2 Å². The lowest BCUT2D eigenvalue weighted by molar-refractivity contribution is 0.0931. The van der Waals surface area contributed by atoms with E-state index in [1.165, 1.54) is 0 Å². The standard InChI is InChI=1S/C24H22N4O/c1-4-17-5-7-19(8-6-17)23(29)28-24(13-14-24)20-11-9-18(10-12-20)21-15-26-16(2)27-22(21)25-3/h1,5-12,15H,13-14H2,2-3H3,(H,28,29)(H,25,26,27). The molecule has 144 valence electrons. The monoisotopic (exact) mass is 382 g/mol. The maximum atomic E-state index is 12.7. The van der Waals surface area contributed by atoms with Gasteiger partial charge < -0.3 is 10.6 Å². The van der Waals surface area contributed by atoms with Gasteiger partial charge in [0.25, 0.3) is 5.91 Å². The Morgan fingerprint density at radius 1 is 1.10 bits per heavy atom. The van der Waals surface area contributed by atoms with Gasteiger partial charge in [0.2, 0.25) is 0 Å². The minimum absolute atomic E-state index is 0.0837. The first-order valence-corrected chi connectivity index (χ1v) is 9.56. The largest absolute Gasteiger partial charge is 0.373 e. The number of nitrogens with zero attached hydrogens (tertiary/aromatic N) is 2. The number of rotatable bonds is 5. The summed E-state index contributed by atoms with van der Waals surface area (Å²) in [6.07, 6.45) is 9.07. The molecule has 5 nitrogen and oxygen atoms in total. The van der Waals surface area contributed by atoms with Crippen molar-refractivity contribution in [2.75, 3.05) is 12.4 Å². The van der Waals surface area contributed by atoms with Crippen LogP contribution in [0.25, 0.3) is 11.1 Å². The van der Waals surface area contributed by atoms with Gasteiger partial charge >= 0.3 is 0 Å². The third-order valence-corrected chi connectivity index (χ3v) is 5.31. The molecule has 1 fully saturated rings. The van der Waals surface area contributed by atoms with Crippen molar-refractivity contribution in [1.29, 1.82) is 0 Å². The summed E-state index contributed by atoms with van der Waals surface area (Å²) in [7, 11) is 1.85. The third-order valence-electron chi connectivity index (χ3n) is 5.31. The number of anilines is 1. The van der Waals surface area contributed by atoms with Crippen LogP contribution in [0.3, 0.4) is 0 Å². The summed E-state index contributed by atoms with van der Waals surface area (Å²) in [4.78, 5) is 21.4. The van der Waals surface area contributed by atoms with E-state index in [1.807, 2.05) is 20.2 Å². The highest BCUT2D eigenvalue weighted by atomic mass is 16.1. The summed E-state index contributed by atoms with van der Waals surface area (Å²) >= 11 is 0. The lowest BCUT2D eigenvalue weighted by Crippen LogP contribution is -2.34. The number of aryl methyl sites for hydroxylation is 1. The van der Waals surface area contributed by atoms with Crippen molar-refractivity contribution in [3.05, 3.63) is 77.2 Å². The van der Waals surface area contributed by atoms with Gasteiger partial charge in [0, 0.05) is 29.9 Å². The molecule has 1 aromatic heterocycles. The SMILES string of the molecule is C#Cc1ccc(C(=O)NC2(c3ccc(-c4cnc(C)nc4NC)cc3)CC2)cc1. The van der Waals surface area contributed by atoms with Gasteiger partial charge in [0.1, 0.15) is 11.6 Å². The molecule has 1 aliphatic rings. The van der Waals surface area contributed by atoms with E-state index in [1.54, 1.807) is 24.3 Å².